The van der Waals surface area contributed by atoms with Crippen molar-refractivity contribution in [3.63, 3.8) is 0 Å². The minimum atomic E-state index is -0.0927. The van der Waals surface area contributed by atoms with Crippen molar-refractivity contribution in [3.05, 3.63) is 38.0 Å². The first-order valence-corrected chi connectivity index (χ1v) is 7.41. The van der Waals surface area contributed by atoms with Gasteiger partial charge in [0.1, 0.15) is 0 Å². The van der Waals surface area contributed by atoms with Gasteiger partial charge in [-0.15, -0.1) is 22.7 Å². The van der Waals surface area contributed by atoms with Crippen LogP contribution in [0.3, 0.4) is 0 Å². The van der Waals surface area contributed by atoms with Crippen LogP contribution >= 0.6 is 22.7 Å². The minimum Gasteiger partial charge on any atom is -0.347 e. The lowest BCUT2D eigenvalue weighted by Crippen LogP contribution is -2.22. The molecule has 0 unspecified atom stereocenters. The van der Waals surface area contributed by atoms with Gasteiger partial charge < -0.3 is 11.1 Å². The van der Waals surface area contributed by atoms with Gasteiger partial charge in [-0.25, -0.2) is 4.98 Å². The molecule has 0 aliphatic rings. The molecule has 2 rings (SSSR count). The zero-order valence-electron chi connectivity index (χ0n) is 10.4. The molecular formula is C13H13N3OS2. The van der Waals surface area contributed by atoms with Gasteiger partial charge in [-0.2, -0.15) is 0 Å². The Hall–Kier alpha value is -1.68. The van der Waals surface area contributed by atoms with Crippen molar-refractivity contribution in [2.75, 3.05) is 6.54 Å². The van der Waals surface area contributed by atoms with Gasteiger partial charge in [0.25, 0.3) is 5.91 Å². The lowest BCUT2D eigenvalue weighted by atomic mass is 10.3. The Kier molecular flexibility index (Phi) is 4.68. The fourth-order valence-electron chi connectivity index (χ4n) is 1.42. The van der Waals surface area contributed by atoms with Crippen molar-refractivity contribution >= 4 is 28.6 Å². The maximum absolute atomic E-state index is 11.9. The first-order valence-electron chi connectivity index (χ1n) is 5.65. The van der Waals surface area contributed by atoms with Gasteiger partial charge in [0.05, 0.1) is 34.7 Å². The summed E-state index contributed by atoms with van der Waals surface area (Å²) in [6.45, 7) is 2.77. The van der Waals surface area contributed by atoms with Gasteiger partial charge in [-0.05, 0) is 13.0 Å². The SMILES string of the molecule is Cc1ncsc1CNC(=O)c1csc(C#CCN)c1. The van der Waals surface area contributed by atoms with E-state index < -0.39 is 0 Å². The third kappa shape index (κ3) is 3.64. The Morgan fingerprint density at radius 1 is 1.53 bits per heavy atom. The number of aryl methyl sites for hydroxylation is 1. The second kappa shape index (κ2) is 6.48. The number of nitrogens with one attached hydrogen (secondary N) is 1. The third-order valence-electron chi connectivity index (χ3n) is 2.43. The number of thiazole rings is 1. The molecule has 0 atom stereocenters. The van der Waals surface area contributed by atoms with Crippen LogP contribution in [0.5, 0.6) is 0 Å². The number of nitrogens with zero attached hydrogens (tertiary/aromatic N) is 1. The van der Waals surface area contributed by atoms with Gasteiger partial charge >= 0.3 is 0 Å². The molecular weight excluding hydrogens is 278 g/mol. The summed E-state index contributed by atoms with van der Waals surface area (Å²) in [5, 5.41) is 4.68. The Bertz CT molecular complexity index is 634. The molecule has 6 heteroatoms. The van der Waals surface area contributed by atoms with Crippen molar-refractivity contribution < 1.29 is 4.79 Å². The highest BCUT2D eigenvalue weighted by molar-refractivity contribution is 7.10. The van der Waals surface area contributed by atoms with E-state index in [1.165, 1.54) is 11.3 Å². The van der Waals surface area contributed by atoms with Gasteiger partial charge in [0.15, 0.2) is 0 Å². The summed E-state index contributed by atoms with van der Waals surface area (Å²) in [5.74, 6) is 5.59. The van der Waals surface area contributed by atoms with Crippen LogP contribution in [-0.2, 0) is 6.54 Å². The number of thiophene rings is 1. The number of amides is 1. The maximum atomic E-state index is 11.9. The number of rotatable bonds is 3. The molecule has 0 spiro atoms. The summed E-state index contributed by atoms with van der Waals surface area (Å²) in [6, 6.07) is 1.78. The monoisotopic (exact) mass is 291 g/mol. The fourth-order valence-corrected chi connectivity index (χ4v) is 2.89. The highest BCUT2D eigenvalue weighted by Gasteiger charge is 2.09. The fraction of sp³-hybridized carbons (Fsp3) is 0.231. The average molecular weight is 291 g/mol. The number of nitrogens with two attached hydrogens (primary N) is 1. The molecule has 2 aromatic rings. The number of carbonyl (C=O) groups is 1. The highest BCUT2D eigenvalue weighted by atomic mass is 32.1. The smallest absolute Gasteiger partial charge is 0.252 e. The molecule has 1 amide bonds. The Morgan fingerprint density at radius 2 is 2.37 bits per heavy atom. The topological polar surface area (TPSA) is 68.0 Å². The standard InChI is InChI=1S/C13H13N3OS2/c1-9-12(19-8-16-9)6-15-13(17)10-5-11(18-7-10)3-2-4-14/h5,7-8H,4,6,14H2,1H3,(H,15,17). The van der Waals surface area contributed by atoms with E-state index in [2.05, 4.69) is 22.1 Å². The van der Waals surface area contributed by atoms with Gasteiger partial charge in [0, 0.05) is 10.3 Å². The van der Waals surface area contributed by atoms with Gasteiger partial charge in [-0.1, -0.05) is 11.8 Å². The molecule has 0 saturated carbocycles. The lowest BCUT2D eigenvalue weighted by Gasteiger charge is -2.01. The van der Waals surface area contributed by atoms with Crippen molar-refractivity contribution in [2.45, 2.75) is 13.5 Å². The molecule has 2 aromatic heterocycles. The first-order chi connectivity index (χ1) is 9.20. The number of hydrogen-bond acceptors (Lipinski definition) is 5. The Labute approximate surface area is 119 Å². The van der Waals surface area contributed by atoms with Crippen LogP contribution in [0.1, 0.15) is 25.8 Å². The van der Waals surface area contributed by atoms with Crippen LogP contribution in [-0.4, -0.2) is 17.4 Å². The van der Waals surface area contributed by atoms with Crippen LogP contribution in [0, 0.1) is 18.8 Å². The maximum Gasteiger partial charge on any atom is 0.252 e. The molecule has 0 saturated heterocycles. The second-order valence-corrected chi connectivity index (χ2v) is 5.60. The van der Waals surface area contributed by atoms with Crippen LogP contribution in [0.4, 0.5) is 0 Å². The molecule has 0 aliphatic carbocycles. The minimum absolute atomic E-state index is 0.0927. The summed E-state index contributed by atoms with van der Waals surface area (Å²) >= 11 is 2.99. The summed E-state index contributed by atoms with van der Waals surface area (Å²) in [7, 11) is 0. The van der Waals surface area contributed by atoms with Gasteiger partial charge in [-0.3, -0.25) is 4.79 Å². The molecule has 4 nitrogen and oxygen atoms in total. The summed E-state index contributed by atoms with van der Waals surface area (Å²) < 4.78 is 0. The largest absolute Gasteiger partial charge is 0.347 e. The molecule has 98 valence electrons. The molecule has 3 N–H and O–H groups in total. The second-order valence-electron chi connectivity index (χ2n) is 3.75. The molecule has 19 heavy (non-hydrogen) atoms. The Morgan fingerprint density at radius 3 is 3.05 bits per heavy atom. The van der Waals surface area contributed by atoms with E-state index in [0.717, 1.165) is 15.4 Å². The quantitative estimate of drug-likeness (QED) is 0.847. The molecule has 0 bridgehead atoms. The first kappa shape index (κ1) is 13.7. The van der Waals surface area contributed by atoms with Crippen LogP contribution < -0.4 is 11.1 Å². The number of aromatic nitrogens is 1. The van der Waals surface area contributed by atoms with Crippen molar-refractivity contribution in [3.8, 4) is 11.8 Å². The van der Waals surface area contributed by atoms with Crippen molar-refractivity contribution in [2.24, 2.45) is 5.73 Å². The normalized spacial score (nSPS) is 9.79. The average Bonchev–Trinajstić information content (AvgIpc) is 3.03. The van der Waals surface area contributed by atoms with E-state index in [0.29, 0.717) is 18.7 Å². The van der Waals surface area contributed by atoms with Crippen LogP contribution in [0.25, 0.3) is 0 Å². The van der Waals surface area contributed by atoms with Crippen molar-refractivity contribution in [1.29, 1.82) is 0 Å². The van der Waals surface area contributed by atoms with Crippen LogP contribution in [0.2, 0.25) is 0 Å². The summed E-state index contributed by atoms with van der Waals surface area (Å²) in [5.41, 5.74) is 8.68. The molecule has 0 aromatic carbocycles. The molecule has 2 heterocycles. The van der Waals surface area contributed by atoms with Crippen LogP contribution in [0.15, 0.2) is 17.0 Å². The molecule has 0 radical (unpaired) electrons. The zero-order valence-corrected chi connectivity index (χ0v) is 12.0. The number of carbonyl (C=O) groups excluding carboxylic acids is 1. The lowest BCUT2D eigenvalue weighted by molar-refractivity contribution is 0.0951. The van der Waals surface area contributed by atoms with E-state index in [-0.39, 0.29) is 5.91 Å². The zero-order chi connectivity index (χ0) is 13.7. The van der Waals surface area contributed by atoms with Crippen molar-refractivity contribution in [1.82, 2.24) is 10.3 Å². The van der Waals surface area contributed by atoms with Gasteiger partial charge in [0.2, 0.25) is 0 Å². The van der Waals surface area contributed by atoms with E-state index in [9.17, 15) is 4.79 Å². The van der Waals surface area contributed by atoms with E-state index in [1.807, 2.05) is 6.92 Å². The van der Waals surface area contributed by atoms with E-state index in [4.69, 9.17) is 5.73 Å². The summed E-state index contributed by atoms with van der Waals surface area (Å²) in [6.07, 6.45) is 0. The third-order valence-corrected chi connectivity index (χ3v) is 4.21. The van der Waals surface area contributed by atoms with E-state index >= 15 is 0 Å². The highest BCUT2D eigenvalue weighted by Crippen LogP contribution is 2.15. The molecule has 0 aliphatic heterocycles. The van der Waals surface area contributed by atoms with E-state index in [1.54, 1.807) is 28.3 Å². The number of hydrogen-bond donors (Lipinski definition) is 2. The Balaban J connectivity index is 1.96. The predicted molar refractivity (Wildman–Crippen MR) is 78.3 cm³/mol. The summed E-state index contributed by atoms with van der Waals surface area (Å²) in [4.78, 5) is 18.0. The molecule has 0 fully saturated rings. The predicted octanol–water partition coefficient (Wildman–Crippen LogP) is 1.75.